The van der Waals surface area contributed by atoms with Crippen molar-refractivity contribution < 1.29 is 14.8 Å². The number of amides is 1. The van der Waals surface area contributed by atoms with E-state index in [1.165, 1.54) is 30.3 Å². The summed E-state index contributed by atoms with van der Waals surface area (Å²) in [4.78, 5) is 22.1. The van der Waals surface area contributed by atoms with Gasteiger partial charge in [0, 0.05) is 11.8 Å². The normalized spacial score (nSPS) is 10.2. The minimum Gasteiger partial charge on any atom is -0.507 e. The molecule has 0 aliphatic carbocycles. The Bertz CT molecular complexity index is 731. The molecule has 0 aromatic heterocycles. The second-order valence-electron chi connectivity index (χ2n) is 4.40. The topological polar surface area (TPSA) is 92.5 Å². The molecule has 1 amide bonds. The third-order valence-electron chi connectivity index (χ3n) is 2.80. The molecule has 0 heterocycles. The second-order valence-corrected chi connectivity index (χ2v) is 4.81. The molecule has 6 nitrogen and oxygen atoms in total. The largest absolute Gasteiger partial charge is 0.507 e. The Morgan fingerprint density at radius 3 is 2.62 bits per heavy atom. The Balaban J connectivity index is 2.26. The molecule has 0 radical (unpaired) electrons. The van der Waals surface area contributed by atoms with Crippen molar-refractivity contribution in [2.24, 2.45) is 0 Å². The molecule has 2 N–H and O–H groups in total. The maximum atomic E-state index is 12.1. The van der Waals surface area contributed by atoms with Crippen molar-refractivity contribution in [1.82, 2.24) is 0 Å². The van der Waals surface area contributed by atoms with Gasteiger partial charge in [-0.2, -0.15) is 0 Å². The number of nitrogens with zero attached hydrogens (tertiary/aromatic N) is 1. The van der Waals surface area contributed by atoms with Crippen LogP contribution in [0.4, 0.5) is 11.4 Å². The lowest BCUT2D eigenvalue weighted by Crippen LogP contribution is -2.12. The van der Waals surface area contributed by atoms with Gasteiger partial charge in [0.2, 0.25) is 0 Å². The van der Waals surface area contributed by atoms with Crippen LogP contribution in [0, 0.1) is 17.0 Å². The number of nitro benzene ring substituents is 1. The number of carbonyl (C=O) groups excluding carboxylic acids is 1. The predicted molar refractivity (Wildman–Crippen MR) is 78.9 cm³/mol. The Kier molecular flexibility index (Phi) is 4.09. The van der Waals surface area contributed by atoms with E-state index >= 15 is 0 Å². The SMILES string of the molecule is Cc1ccc(O)c(C(=O)Nc2ccc([N+](=O)[O-])c(Cl)c2)c1. The predicted octanol–water partition coefficient (Wildman–Crippen LogP) is 3.51. The van der Waals surface area contributed by atoms with E-state index < -0.39 is 10.8 Å². The summed E-state index contributed by atoms with van der Waals surface area (Å²) in [5, 5.41) is 22.8. The van der Waals surface area contributed by atoms with Crippen molar-refractivity contribution in [3.63, 3.8) is 0 Å². The van der Waals surface area contributed by atoms with Gasteiger partial charge in [-0.25, -0.2) is 0 Å². The number of benzene rings is 2. The fourth-order valence-corrected chi connectivity index (χ4v) is 2.01. The van der Waals surface area contributed by atoms with Crippen LogP contribution in [0.3, 0.4) is 0 Å². The van der Waals surface area contributed by atoms with Crippen LogP contribution in [0.15, 0.2) is 36.4 Å². The molecule has 0 aliphatic heterocycles. The van der Waals surface area contributed by atoms with Crippen LogP contribution >= 0.6 is 11.6 Å². The van der Waals surface area contributed by atoms with Crippen LogP contribution in [0.2, 0.25) is 5.02 Å². The lowest BCUT2D eigenvalue weighted by Gasteiger charge is -2.08. The number of hydrogen-bond donors (Lipinski definition) is 2. The van der Waals surface area contributed by atoms with E-state index in [0.29, 0.717) is 5.69 Å². The van der Waals surface area contributed by atoms with Gasteiger partial charge in [-0.15, -0.1) is 0 Å². The van der Waals surface area contributed by atoms with Crippen molar-refractivity contribution >= 4 is 28.9 Å². The molecule has 7 heteroatoms. The van der Waals surface area contributed by atoms with Gasteiger partial charge in [0.25, 0.3) is 11.6 Å². The number of nitro groups is 1. The molecule has 0 aliphatic rings. The van der Waals surface area contributed by atoms with E-state index in [9.17, 15) is 20.0 Å². The number of anilines is 1. The monoisotopic (exact) mass is 306 g/mol. The van der Waals surface area contributed by atoms with Crippen LogP contribution in [0.5, 0.6) is 5.75 Å². The quantitative estimate of drug-likeness (QED) is 0.670. The van der Waals surface area contributed by atoms with Gasteiger partial charge in [0.15, 0.2) is 0 Å². The highest BCUT2D eigenvalue weighted by molar-refractivity contribution is 6.33. The molecule has 108 valence electrons. The maximum Gasteiger partial charge on any atom is 0.288 e. The highest BCUT2D eigenvalue weighted by Gasteiger charge is 2.15. The van der Waals surface area contributed by atoms with Crippen LogP contribution < -0.4 is 5.32 Å². The lowest BCUT2D eigenvalue weighted by molar-refractivity contribution is -0.384. The van der Waals surface area contributed by atoms with E-state index in [1.54, 1.807) is 13.0 Å². The maximum absolute atomic E-state index is 12.1. The van der Waals surface area contributed by atoms with E-state index in [2.05, 4.69) is 5.32 Å². The second kappa shape index (κ2) is 5.80. The van der Waals surface area contributed by atoms with Gasteiger partial charge in [0.05, 0.1) is 10.5 Å². The van der Waals surface area contributed by atoms with Gasteiger partial charge < -0.3 is 10.4 Å². The summed E-state index contributed by atoms with van der Waals surface area (Å²) in [6, 6.07) is 8.49. The lowest BCUT2D eigenvalue weighted by atomic mass is 10.1. The highest BCUT2D eigenvalue weighted by atomic mass is 35.5. The molecule has 0 atom stereocenters. The summed E-state index contributed by atoms with van der Waals surface area (Å²) >= 11 is 5.77. The van der Waals surface area contributed by atoms with Gasteiger partial charge in [-0.1, -0.05) is 23.2 Å². The minimum atomic E-state index is -0.611. The summed E-state index contributed by atoms with van der Waals surface area (Å²) in [7, 11) is 0. The van der Waals surface area contributed by atoms with Crippen LogP contribution in [0.1, 0.15) is 15.9 Å². The van der Waals surface area contributed by atoms with Crippen LogP contribution in [-0.2, 0) is 0 Å². The average Bonchev–Trinajstić information content (AvgIpc) is 2.41. The molecule has 0 saturated heterocycles. The molecule has 2 aromatic carbocycles. The highest BCUT2D eigenvalue weighted by Crippen LogP contribution is 2.28. The number of nitrogens with one attached hydrogen (secondary N) is 1. The molecule has 0 fully saturated rings. The summed E-state index contributed by atoms with van der Waals surface area (Å²) in [6.45, 7) is 1.79. The van der Waals surface area contributed by atoms with Crippen LogP contribution in [0.25, 0.3) is 0 Å². The number of phenolic OH excluding ortho intramolecular Hbond substituents is 1. The molecule has 21 heavy (non-hydrogen) atoms. The first-order valence-electron chi connectivity index (χ1n) is 5.93. The number of aryl methyl sites for hydroxylation is 1. The minimum absolute atomic E-state index is 0.0775. The van der Waals surface area contributed by atoms with Crippen molar-refractivity contribution in [2.45, 2.75) is 6.92 Å². The van der Waals surface area contributed by atoms with E-state index in [4.69, 9.17) is 11.6 Å². The molecule has 2 rings (SSSR count). The average molecular weight is 307 g/mol. The van der Waals surface area contributed by atoms with Crippen LogP contribution in [-0.4, -0.2) is 15.9 Å². The van der Waals surface area contributed by atoms with Crippen molar-refractivity contribution in [3.05, 3.63) is 62.7 Å². The molecular formula is C14H11ClN2O4. The van der Waals surface area contributed by atoms with Gasteiger partial charge in [-0.05, 0) is 31.2 Å². The van der Waals surface area contributed by atoms with E-state index in [0.717, 1.165) is 5.56 Å². The fourth-order valence-electron chi connectivity index (χ4n) is 1.76. The molecule has 0 spiro atoms. The zero-order valence-corrected chi connectivity index (χ0v) is 11.7. The Hall–Kier alpha value is -2.60. The molecular weight excluding hydrogens is 296 g/mol. The third-order valence-corrected chi connectivity index (χ3v) is 3.10. The number of rotatable bonds is 3. The first-order valence-corrected chi connectivity index (χ1v) is 6.31. The Labute approximate surface area is 125 Å². The van der Waals surface area contributed by atoms with E-state index in [-0.39, 0.29) is 22.0 Å². The summed E-state index contributed by atoms with van der Waals surface area (Å²) in [5.41, 5.74) is 0.994. The fraction of sp³-hybridized carbons (Fsp3) is 0.0714. The smallest absolute Gasteiger partial charge is 0.288 e. The third kappa shape index (κ3) is 3.29. The number of hydrogen-bond acceptors (Lipinski definition) is 4. The molecule has 0 saturated carbocycles. The summed E-state index contributed by atoms with van der Waals surface area (Å²) < 4.78 is 0. The standard InChI is InChI=1S/C14H11ClN2O4/c1-8-2-5-13(18)10(6-8)14(19)16-9-3-4-12(17(20)21)11(15)7-9/h2-7,18H,1H3,(H,16,19). The first-order chi connectivity index (χ1) is 9.88. The van der Waals surface area contributed by atoms with Gasteiger partial charge in [0.1, 0.15) is 10.8 Å². The number of carbonyl (C=O) groups is 1. The zero-order chi connectivity index (χ0) is 15.6. The van der Waals surface area contributed by atoms with Crippen molar-refractivity contribution in [2.75, 3.05) is 5.32 Å². The molecule has 2 aromatic rings. The Morgan fingerprint density at radius 1 is 1.29 bits per heavy atom. The molecule has 0 unspecified atom stereocenters. The van der Waals surface area contributed by atoms with Gasteiger partial charge in [-0.3, -0.25) is 14.9 Å². The Morgan fingerprint density at radius 2 is 2.00 bits per heavy atom. The van der Waals surface area contributed by atoms with Crippen molar-refractivity contribution in [1.29, 1.82) is 0 Å². The number of aromatic hydroxyl groups is 1. The zero-order valence-electron chi connectivity index (χ0n) is 11.0. The van der Waals surface area contributed by atoms with E-state index in [1.807, 2.05) is 0 Å². The summed E-state index contributed by atoms with van der Waals surface area (Å²) in [6.07, 6.45) is 0. The summed E-state index contributed by atoms with van der Waals surface area (Å²) in [5.74, 6) is -0.674. The number of halogens is 1. The molecule has 0 bridgehead atoms. The first kappa shape index (κ1) is 14.8. The number of phenols is 1. The van der Waals surface area contributed by atoms with Gasteiger partial charge >= 0.3 is 0 Å². The van der Waals surface area contributed by atoms with Crippen molar-refractivity contribution in [3.8, 4) is 5.75 Å².